The summed E-state index contributed by atoms with van der Waals surface area (Å²) in [6.07, 6.45) is 3.11. The number of aryl methyl sites for hydroxylation is 1. The minimum Gasteiger partial charge on any atom is -0.360 e. The van der Waals surface area contributed by atoms with E-state index >= 15 is 0 Å². The molecule has 1 rings (SSSR count). The number of nitrogens with zero attached hydrogens (tertiary/aromatic N) is 2. The molecular formula is C10H20N4S. The molecule has 1 atom stereocenters. The second kappa shape index (κ2) is 6.74. The number of hydrogen-bond acceptors (Lipinski definition) is 5. The molecule has 86 valence electrons. The molecule has 0 saturated heterocycles. The molecule has 0 amide bonds. The number of nitrogens with one attached hydrogen (secondary N) is 1. The average molecular weight is 228 g/mol. The molecule has 1 heterocycles. The van der Waals surface area contributed by atoms with Gasteiger partial charge in [0, 0.05) is 24.5 Å². The third-order valence-electron chi connectivity index (χ3n) is 2.20. The second-order valence-electron chi connectivity index (χ2n) is 3.83. The summed E-state index contributed by atoms with van der Waals surface area (Å²) in [6, 6.07) is 0. The predicted octanol–water partition coefficient (Wildman–Crippen LogP) is 1.89. The minimum atomic E-state index is 0.591. The van der Waals surface area contributed by atoms with Crippen LogP contribution in [0.4, 0.5) is 5.13 Å². The lowest BCUT2D eigenvalue weighted by Crippen LogP contribution is -2.15. The molecule has 5 heteroatoms. The zero-order chi connectivity index (χ0) is 11.1. The summed E-state index contributed by atoms with van der Waals surface area (Å²) in [5.74, 6) is 1.55. The molecule has 0 fully saturated rings. The van der Waals surface area contributed by atoms with Crippen LogP contribution in [0.2, 0.25) is 0 Å². The van der Waals surface area contributed by atoms with Gasteiger partial charge in [0.25, 0.3) is 0 Å². The van der Waals surface area contributed by atoms with Crippen LogP contribution in [0.25, 0.3) is 0 Å². The Kier molecular flexibility index (Phi) is 5.57. The van der Waals surface area contributed by atoms with E-state index in [1.807, 2.05) is 0 Å². The molecule has 0 aliphatic rings. The van der Waals surface area contributed by atoms with Crippen molar-refractivity contribution in [3.63, 3.8) is 0 Å². The molecule has 0 bridgehead atoms. The molecule has 0 spiro atoms. The van der Waals surface area contributed by atoms with Gasteiger partial charge in [-0.05, 0) is 25.3 Å². The Morgan fingerprint density at radius 3 is 3.00 bits per heavy atom. The van der Waals surface area contributed by atoms with Crippen LogP contribution in [-0.4, -0.2) is 22.4 Å². The van der Waals surface area contributed by atoms with Gasteiger partial charge in [0.1, 0.15) is 5.82 Å². The van der Waals surface area contributed by atoms with Gasteiger partial charge in [0.2, 0.25) is 5.13 Å². The van der Waals surface area contributed by atoms with Crippen LogP contribution >= 0.6 is 11.5 Å². The fourth-order valence-electron chi connectivity index (χ4n) is 1.30. The maximum atomic E-state index is 5.49. The minimum absolute atomic E-state index is 0.591. The van der Waals surface area contributed by atoms with Gasteiger partial charge in [-0.3, -0.25) is 0 Å². The monoisotopic (exact) mass is 228 g/mol. The van der Waals surface area contributed by atoms with Crippen LogP contribution in [0.1, 0.15) is 32.5 Å². The molecule has 0 aliphatic heterocycles. The highest BCUT2D eigenvalue weighted by Crippen LogP contribution is 2.13. The van der Waals surface area contributed by atoms with Gasteiger partial charge < -0.3 is 11.1 Å². The van der Waals surface area contributed by atoms with Crippen molar-refractivity contribution in [2.75, 3.05) is 18.4 Å². The number of nitrogens with two attached hydrogens (primary N) is 1. The van der Waals surface area contributed by atoms with E-state index in [0.717, 1.165) is 43.3 Å². The second-order valence-corrected chi connectivity index (χ2v) is 4.58. The molecule has 0 aliphatic carbocycles. The summed E-state index contributed by atoms with van der Waals surface area (Å²) in [5, 5.41) is 4.23. The summed E-state index contributed by atoms with van der Waals surface area (Å²) < 4.78 is 4.27. The third kappa shape index (κ3) is 4.57. The van der Waals surface area contributed by atoms with Crippen molar-refractivity contribution in [1.29, 1.82) is 0 Å². The lowest BCUT2D eigenvalue weighted by Gasteiger charge is -2.09. The van der Waals surface area contributed by atoms with Crippen LogP contribution in [0.15, 0.2) is 0 Å². The first-order chi connectivity index (χ1) is 7.26. The van der Waals surface area contributed by atoms with Crippen molar-refractivity contribution >= 4 is 16.7 Å². The molecule has 1 unspecified atom stereocenters. The van der Waals surface area contributed by atoms with E-state index in [0.29, 0.717) is 5.92 Å². The van der Waals surface area contributed by atoms with Gasteiger partial charge in [-0.15, -0.1) is 0 Å². The van der Waals surface area contributed by atoms with Crippen molar-refractivity contribution in [2.24, 2.45) is 11.7 Å². The Bertz CT molecular complexity index is 274. The van der Waals surface area contributed by atoms with Gasteiger partial charge >= 0.3 is 0 Å². The fraction of sp³-hybridized carbons (Fsp3) is 0.800. The zero-order valence-electron chi connectivity index (χ0n) is 9.49. The Labute approximate surface area is 95.5 Å². The average Bonchev–Trinajstić information content (AvgIpc) is 2.64. The zero-order valence-corrected chi connectivity index (χ0v) is 10.3. The fourth-order valence-corrected chi connectivity index (χ4v) is 1.92. The van der Waals surface area contributed by atoms with Crippen LogP contribution in [0.3, 0.4) is 0 Å². The normalized spacial score (nSPS) is 12.7. The Morgan fingerprint density at radius 2 is 2.33 bits per heavy atom. The molecule has 4 nitrogen and oxygen atoms in total. The van der Waals surface area contributed by atoms with E-state index in [4.69, 9.17) is 5.73 Å². The lowest BCUT2D eigenvalue weighted by molar-refractivity contribution is 0.568. The summed E-state index contributed by atoms with van der Waals surface area (Å²) in [5.41, 5.74) is 5.49. The molecule has 15 heavy (non-hydrogen) atoms. The number of hydrogen-bond donors (Lipinski definition) is 2. The molecular weight excluding hydrogens is 208 g/mol. The summed E-state index contributed by atoms with van der Waals surface area (Å²) in [4.78, 5) is 4.40. The molecule has 1 aromatic rings. The summed E-state index contributed by atoms with van der Waals surface area (Å²) >= 11 is 1.45. The van der Waals surface area contributed by atoms with Crippen LogP contribution in [-0.2, 0) is 6.42 Å². The smallest absolute Gasteiger partial charge is 0.202 e. The molecule has 1 aromatic heterocycles. The van der Waals surface area contributed by atoms with E-state index in [-0.39, 0.29) is 0 Å². The molecule has 0 radical (unpaired) electrons. The van der Waals surface area contributed by atoms with E-state index < -0.39 is 0 Å². The Balaban J connectivity index is 2.30. The maximum Gasteiger partial charge on any atom is 0.202 e. The van der Waals surface area contributed by atoms with Gasteiger partial charge in [-0.25, -0.2) is 4.98 Å². The summed E-state index contributed by atoms with van der Waals surface area (Å²) in [6.45, 7) is 6.00. The maximum absolute atomic E-state index is 5.49. The topological polar surface area (TPSA) is 63.8 Å². The first-order valence-electron chi connectivity index (χ1n) is 5.52. The first kappa shape index (κ1) is 12.4. The predicted molar refractivity (Wildman–Crippen MR) is 65.2 cm³/mol. The Hall–Kier alpha value is -0.680. The molecule has 0 saturated carbocycles. The van der Waals surface area contributed by atoms with Gasteiger partial charge in [-0.1, -0.05) is 13.8 Å². The molecule has 3 N–H and O–H groups in total. The van der Waals surface area contributed by atoms with Crippen LogP contribution in [0, 0.1) is 5.92 Å². The van der Waals surface area contributed by atoms with Gasteiger partial charge in [0.05, 0.1) is 0 Å². The Morgan fingerprint density at radius 1 is 1.53 bits per heavy atom. The van der Waals surface area contributed by atoms with Crippen molar-refractivity contribution in [3.05, 3.63) is 5.82 Å². The number of anilines is 1. The van der Waals surface area contributed by atoms with E-state index in [1.54, 1.807) is 0 Å². The van der Waals surface area contributed by atoms with Crippen LogP contribution in [0.5, 0.6) is 0 Å². The lowest BCUT2D eigenvalue weighted by atomic mass is 10.1. The SMILES string of the molecule is CCCc1nsc(NCC(C)CCN)n1. The van der Waals surface area contributed by atoms with E-state index in [1.165, 1.54) is 11.5 Å². The quantitative estimate of drug-likeness (QED) is 0.748. The van der Waals surface area contributed by atoms with Gasteiger partial charge in [0.15, 0.2) is 0 Å². The highest BCUT2D eigenvalue weighted by Gasteiger charge is 2.04. The van der Waals surface area contributed by atoms with Crippen molar-refractivity contribution in [2.45, 2.75) is 33.1 Å². The third-order valence-corrected chi connectivity index (χ3v) is 2.91. The highest BCUT2D eigenvalue weighted by molar-refractivity contribution is 7.09. The van der Waals surface area contributed by atoms with Crippen molar-refractivity contribution < 1.29 is 0 Å². The van der Waals surface area contributed by atoms with E-state index in [9.17, 15) is 0 Å². The van der Waals surface area contributed by atoms with E-state index in [2.05, 4.69) is 28.5 Å². The van der Waals surface area contributed by atoms with Crippen molar-refractivity contribution in [1.82, 2.24) is 9.36 Å². The highest BCUT2D eigenvalue weighted by atomic mass is 32.1. The summed E-state index contributed by atoms with van der Waals surface area (Å²) in [7, 11) is 0. The number of rotatable bonds is 7. The first-order valence-corrected chi connectivity index (χ1v) is 6.30. The molecule has 0 aromatic carbocycles. The standard InChI is InChI=1S/C10H20N4S/c1-3-4-9-13-10(15-14-9)12-7-8(2)5-6-11/h8H,3-7,11H2,1-2H3,(H,12,13,14). The largest absolute Gasteiger partial charge is 0.360 e. The van der Waals surface area contributed by atoms with Crippen LogP contribution < -0.4 is 11.1 Å². The van der Waals surface area contributed by atoms with Gasteiger partial charge in [-0.2, -0.15) is 4.37 Å². The number of aromatic nitrogens is 2. The van der Waals surface area contributed by atoms with Crippen molar-refractivity contribution in [3.8, 4) is 0 Å².